The lowest BCUT2D eigenvalue weighted by atomic mass is 10.2. The summed E-state index contributed by atoms with van der Waals surface area (Å²) < 4.78 is 15.4. The largest absolute Gasteiger partial charge is 0.476 e. The summed E-state index contributed by atoms with van der Waals surface area (Å²) in [7, 11) is 1.25. The lowest BCUT2D eigenvalue weighted by Gasteiger charge is -2.12. The van der Waals surface area contributed by atoms with Gasteiger partial charge in [-0.05, 0) is 25.1 Å². The maximum absolute atomic E-state index is 11.3. The minimum Gasteiger partial charge on any atom is -0.476 e. The molecule has 0 aliphatic carbocycles. The highest BCUT2D eigenvalue weighted by Crippen LogP contribution is 2.31. The third-order valence-corrected chi connectivity index (χ3v) is 2.78. The third-order valence-electron chi connectivity index (χ3n) is 2.78. The first-order valence-corrected chi connectivity index (χ1v) is 6.11. The van der Waals surface area contributed by atoms with E-state index in [1.165, 1.54) is 25.3 Å². The van der Waals surface area contributed by atoms with E-state index < -0.39 is 17.0 Å². The number of hydrogen-bond donors (Lipinski definition) is 0. The SMILES string of the molecule is COC(=O)c1ccc(C(C)Oc2ccccc2[N+](=O)[O-])o1. The molecule has 2 aromatic rings. The van der Waals surface area contributed by atoms with Crippen LogP contribution in [-0.2, 0) is 4.74 Å². The molecule has 7 heteroatoms. The van der Waals surface area contributed by atoms with Crippen LogP contribution in [0.5, 0.6) is 5.75 Å². The number of hydrogen-bond acceptors (Lipinski definition) is 6. The summed E-state index contributed by atoms with van der Waals surface area (Å²) in [4.78, 5) is 21.7. The van der Waals surface area contributed by atoms with Crippen molar-refractivity contribution in [2.45, 2.75) is 13.0 Å². The Morgan fingerprint density at radius 2 is 2.00 bits per heavy atom. The average molecular weight is 291 g/mol. The molecule has 0 aliphatic heterocycles. The first-order valence-electron chi connectivity index (χ1n) is 6.11. The fourth-order valence-electron chi connectivity index (χ4n) is 1.74. The summed E-state index contributed by atoms with van der Waals surface area (Å²) in [6, 6.07) is 9.06. The minimum atomic E-state index is -0.598. The van der Waals surface area contributed by atoms with Gasteiger partial charge in [0.15, 0.2) is 11.9 Å². The summed E-state index contributed by atoms with van der Waals surface area (Å²) in [5.41, 5.74) is -0.135. The quantitative estimate of drug-likeness (QED) is 0.477. The second kappa shape index (κ2) is 6.08. The van der Waals surface area contributed by atoms with Gasteiger partial charge in [-0.2, -0.15) is 0 Å². The Labute approximate surface area is 120 Å². The van der Waals surface area contributed by atoms with Crippen molar-refractivity contribution in [2.24, 2.45) is 0 Å². The zero-order valence-corrected chi connectivity index (χ0v) is 11.4. The van der Waals surface area contributed by atoms with Crippen molar-refractivity contribution >= 4 is 11.7 Å². The van der Waals surface area contributed by atoms with Crippen molar-refractivity contribution in [2.75, 3.05) is 7.11 Å². The van der Waals surface area contributed by atoms with E-state index in [9.17, 15) is 14.9 Å². The second-order valence-corrected chi connectivity index (χ2v) is 4.18. The number of carbonyl (C=O) groups excluding carboxylic acids is 1. The van der Waals surface area contributed by atoms with Crippen LogP contribution < -0.4 is 4.74 Å². The summed E-state index contributed by atoms with van der Waals surface area (Å²) in [5.74, 6) is -0.0516. The van der Waals surface area contributed by atoms with Gasteiger partial charge in [0.25, 0.3) is 0 Å². The normalized spacial score (nSPS) is 11.7. The molecule has 110 valence electrons. The summed E-state index contributed by atoms with van der Waals surface area (Å²) in [6.07, 6.45) is -0.593. The van der Waals surface area contributed by atoms with Gasteiger partial charge in [0.2, 0.25) is 5.76 Å². The Hall–Kier alpha value is -2.83. The van der Waals surface area contributed by atoms with E-state index in [4.69, 9.17) is 9.15 Å². The molecule has 2 rings (SSSR count). The molecule has 1 heterocycles. The standard InChI is InChI=1S/C14H13NO6/c1-9(11-7-8-13(21-11)14(16)19-2)20-12-6-4-3-5-10(12)15(17)18/h3-9H,1-2H3. The fraction of sp³-hybridized carbons (Fsp3) is 0.214. The molecule has 1 aromatic carbocycles. The Morgan fingerprint density at radius 1 is 1.29 bits per heavy atom. The monoisotopic (exact) mass is 291 g/mol. The summed E-state index contributed by atoms with van der Waals surface area (Å²) in [6.45, 7) is 1.66. The highest BCUT2D eigenvalue weighted by atomic mass is 16.6. The third kappa shape index (κ3) is 3.19. The van der Waals surface area contributed by atoms with E-state index >= 15 is 0 Å². The molecule has 0 N–H and O–H groups in total. The summed E-state index contributed by atoms with van der Waals surface area (Å²) in [5, 5.41) is 10.9. The Bertz CT molecular complexity index is 663. The van der Waals surface area contributed by atoms with Crippen molar-refractivity contribution in [3.8, 4) is 5.75 Å². The van der Waals surface area contributed by atoms with E-state index in [0.29, 0.717) is 5.76 Å². The molecule has 0 aliphatic rings. The van der Waals surface area contributed by atoms with Crippen molar-refractivity contribution in [1.82, 2.24) is 0 Å². The number of nitro groups is 1. The van der Waals surface area contributed by atoms with Crippen LogP contribution in [0.1, 0.15) is 29.3 Å². The van der Waals surface area contributed by atoms with E-state index in [2.05, 4.69) is 4.74 Å². The van der Waals surface area contributed by atoms with Crippen molar-refractivity contribution in [3.05, 3.63) is 58.0 Å². The molecule has 0 saturated heterocycles. The molecule has 0 spiro atoms. The predicted octanol–water partition coefficient (Wildman–Crippen LogP) is 3.11. The number of nitro benzene ring substituents is 1. The topological polar surface area (TPSA) is 91.8 Å². The number of methoxy groups -OCH3 is 1. The molecule has 0 saturated carbocycles. The van der Waals surface area contributed by atoms with Gasteiger partial charge >= 0.3 is 11.7 Å². The van der Waals surface area contributed by atoms with E-state index in [1.54, 1.807) is 25.1 Å². The number of nitrogens with zero attached hydrogens (tertiary/aromatic N) is 1. The van der Waals surface area contributed by atoms with Crippen LogP contribution in [0.2, 0.25) is 0 Å². The van der Waals surface area contributed by atoms with Crippen molar-refractivity contribution < 1.29 is 23.6 Å². The van der Waals surface area contributed by atoms with Gasteiger partial charge in [-0.15, -0.1) is 0 Å². The molecule has 1 aromatic heterocycles. The van der Waals surface area contributed by atoms with Crippen LogP contribution in [0, 0.1) is 10.1 Å². The molecular weight excluding hydrogens is 278 g/mol. The molecule has 1 atom stereocenters. The smallest absolute Gasteiger partial charge is 0.373 e. The zero-order chi connectivity index (χ0) is 15.4. The maximum Gasteiger partial charge on any atom is 0.373 e. The van der Waals surface area contributed by atoms with Crippen molar-refractivity contribution in [3.63, 3.8) is 0 Å². The van der Waals surface area contributed by atoms with Crippen LogP contribution in [0.25, 0.3) is 0 Å². The molecule has 7 nitrogen and oxygen atoms in total. The highest BCUT2D eigenvalue weighted by Gasteiger charge is 2.20. The number of carbonyl (C=O) groups is 1. The molecule has 0 fully saturated rings. The number of rotatable bonds is 5. The average Bonchev–Trinajstić information content (AvgIpc) is 2.96. The van der Waals surface area contributed by atoms with Gasteiger partial charge in [-0.1, -0.05) is 12.1 Å². The number of esters is 1. The maximum atomic E-state index is 11.3. The van der Waals surface area contributed by atoms with Crippen LogP contribution in [0.3, 0.4) is 0 Å². The van der Waals surface area contributed by atoms with Gasteiger partial charge in [0.05, 0.1) is 12.0 Å². The van der Waals surface area contributed by atoms with Gasteiger partial charge in [-0.25, -0.2) is 4.79 Å². The Balaban J connectivity index is 2.18. The minimum absolute atomic E-state index is 0.0468. The van der Waals surface area contributed by atoms with Gasteiger partial charge in [0.1, 0.15) is 5.76 Å². The number of para-hydroxylation sites is 2. The number of furan rings is 1. The second-order valence-electron chi connectivity index (χ2n) is 4.18. The van der Waals surface area contributed by atoms with E-state index in [-0.39, 0.29) is 17.2 Å². The zero-order valence-electron chi connectivity index (χ0n) is 11.4. The van der Waals surface area contributed by atoms with Gasteiger partial charge in [0, 0.05) is 6.07 Å². The molecule has 0 radical (unpaired) electrons. The number of ether oxygens (including phenoxy) is 2. The molecule has 0 bridgehead atoms. The molecule has 0 amide bonds. The van der Waals surface area contributed by atoms with E-state index in [1.807, 2.05) is 0 Å². The Morgan fingerprint density at radius 3 is 2.67 bits per heavy atom. The molecule has 21 heavy (non-hydrogen) atoms. The first kappa shape index (κ1) is 14.6. The molecule has 1 unspecified atom stereocenters. The number of benzene rings is 1. The van der Waals surface area contributed by atoms with Crippen LogP contribution in [-0.4, -0.2) is 18.0 Å². The molecular formula is C14H13NO6. The fourth-order valence-corrected chi connectivity index (χ4v) is 1.74. The van der Waals surface area contributed by atoms with Gasteiger partial charge in [-0.3, -0.25) is 10.1 Å². The van der Waals surface area contributed by atoms with E-state index in [0.717, 1.165) is 0 Å². The van der Waals surface area contributed by atoms with Gasteiger partial charge < -0.3 is 13.9 Å². The predicted molar refractivity (Wildman–Crippen MR) is 72.2 cm³/mol. The van der Waals surface area contributed by atoms with Crippen LogP contribution in [0.15, 0.2) is 40.8 Å². The lowest BCUT2D eigenvalue weighted by molar-refractivity contribution is -0.386. The Kier molecular flexibility index (Phi) is 4.22. The first-order chi connectivity index (χ1) is 10.0. The highest BCUT2D eigenvalue weighted by molar-refractivity contribution is 5.86. The van der Waals surface area contributed by atoms with Crippen LogP contribution >= 0.6 is 0 Å². The van der Waals surface area contributed by atoms with Crippen molar-refractivity contribution in [1.29, 1.82) is 0 Å². The summed E-state index contributed by atoms with van der Waals surface area (Å²) >= 11 is 0. The lowest BCUT2D eigenvalue weighted by Crippen LogP contribution is -2.04. The van der Waals surface area contributed by atoms with Crippen LogP contribution in [0.4, 0.5) is 5.69 Å².